The summed E-state index contributed by atoms with van der Waals surface area (Å²) in [4.78, 5) is 40.3. The number of aliphatic imine (C=N–C) groups is 4. The number of pyridine rings is 2. The van der Waals surface area contributed by atoms with Crippen LogP contribution < -0.4 is 4.90 Å². The zero-order valence-electron chi connectivity index (χ0n) is 63.2. The average molecular weight is 2020 g/mol. The fourth-order valence-corrected chi connectivity index (χ4v) is 15.4. The van der Waals surface area contributed by atoms with Crippen LogP contribution in [0.15, 0.2) is 324 Å². The third-order valence-electron chi connectivity index (χ3n) is 21.1. The van der Waals surface area contributed by atoms with E-state index < -0.39 is 42.3 Å². The molecular formula is C96H78Cu2F2IrN11O2Pu-5. The van der Waals surface area contributed by atoms with Gasteiger partial charge in [-0.05, 0) is 198 Å². The van der Waals surface area contributed by atoms with Gasteiger partial charge < -0.3 is 56.2 Å². The minimum atomic E-state index is -0.990. The number of carboxylic acids is 1. The molecule has 19 heteroatoms. The first-order valence-corrected chi connectivity index (χ1v) is 37.5. The van der Waals surface area contributed by atoms with E-state index in [0.717, 1.165) is 56.6 Å². The van der Waals surface area contributed by atoms with Crippen molar-refractivity contribution in [3.05, 3.63) is 443 Å². The van der Waals surface area contributed by atoms with Crippen LogP contribution in [-0.4, -0.2) is 44.4 Å². The Morgan fingerprint density at radius 2 is 0.765 bits per heavy atom. The minimum absolute atomic E-state index is 0. The number of amidine groups is 4. The van der Waals surface area contributed by atoms with E-state index in [4.69, 9.17) is 46.3 Å². The normalized spacial score (nSPS) is 16.3. The summed E-state index contributed by atoms with van der Waals surface area (Å²) in [6, 6.07) is 102. The molecule has 115 heavy (non-hydrogen) atoms. The molecule has 13 aromatic rings. The number of benzene rings is 11. The fraction of sp³-hybridized carbons (Fsp3) is 0.156. The molecule has 0 saturated heterocycles. The predicted octanol–water partition coefficient (Wildman–Crippen LogP) is 23.8. The number of aromatic carboxylic acids is 1. The van der Waals surface area contributed by atoms with E-state index in [9.17, 15) is 13.6 Å². The Morgan fingerprint density at radius 3 is 1.10 bits per heavy atom. The third kappa shape index (κ3) is 18.4. The van der Waals surface area contributed by atoms with Crippen LogP contribution in [0.2, 0.25) is 0 Å². The summed E-state index contributed by atoms with van der Waals surface area (Å²) >= 11 is 0. The van der Waals surface area contributed by atoms with Gasteiger partial charge in [-0.15, -0.1) is 12.1 Å². The molecule has 4 atom stereocenters. The zero-order chi connectivity index (χ0) is 76.0. The summed E-state index contributed by atoms with van der Waals surface area (Å²) < 4.78 is 25.8. The molecule has 0 amide bonds. The van der Waals surface area contributed by atoms with E-state index in [2.05, 4.69) is 218 Å². The third-order valence-corrected chi connectivity index (χ3v) is 21.1. The number of halogens is 2. The molecule has 4 unspecified atom stereocenters. The van der Waals surface area contributed by atoms with Gasteiger partial charge >= 0.3 is 5.97 Å². The summed E-state index contributed by atoms with van der Waals surface area (Å²) in [6.45, 7) is 8.63. The molecule has 5 aliphatic heterocycles. The van der Waals surface area contributed by atoms with E-state index in [0.29, 0.717) is 29.0 Å². The SMILES string of the molecule is Cc1ccc(C(c2ccc(C)cc2)c2ccc(C3(c4ccc(N(c5ccc(C)cc5)c5ccc(C)cc5)cc4)CCCCC3)cc2)cc1.Fc1c[c-]c(-c2ccccn2)c(F)c1.O=C(O)c1ccccn1.[Cu].[Cu].[Ir].[Pu].c1ccc2c(c1)C1=NC3[N-]C(=NC4[N-]C(=NC5[N-]C(=NC2[N-]1)c1ccccc15)c1ccccc14)c1ccccc13. The standard InChI is InChI=1S/C47H47N.C32H20N8.C11H6F2N.C6H5NO2.2Cu.Ir.Pu/c1-34-8-16-38(17-9-34)46(39-18-10-35(2)11-19-39)40-20-22-41(23-21-40)47(32-6-5-7-33-47)42-24-30-45(31-25-42)48(43-26-12-36(3)13-27-43)44-28-14-37(4)15-29-44;1-2-10-18-17(9-1)25-33-26(18)38-28-21-13-5-6-14-22(21)30(35-28)40-32-24-16-8-7-15-23(24)31(36-32)39-29-20-12-4-3-11-19(20)27(34-29)37-25;12-8-4-5-9(10(13)7-8)11-3-1-2-6-14-11;8-6(9)5-3-1-2-4-7-5;;;;/h8-31,46H,5-7,32-33H2,1-4H3;1-16,25,28-29,32H;1-4,6-7H;1-4H,(H,8,9);;;;/q;-4;-1;;;;;. The molecule has 585 valence electrons. The number of carbonyl (C=O) groups is 1. The smallest absolute Gasteiger partial charge is 0.354 e. The van der Waals surface area contributed by atoms with Crippen molar-refractivity contribution in [2.24, 2.45) is 20.0 Å². The molecule has 1 aliphatic carbocycles. The molecule has 8 bridgehead atoms. The van der Waals surface area contributed by atoms with Gasteiger partial charge in [-0.1, -0.05) is 301 Å². The van der Waals surface area contributed by atoms with Gasteiger partial charge in [0, 0.05) is 136 Å². The van der Waals surface area contributed by atoms with Crippen molar-refractivity contribution in [3.8, 4) is 11.3 Å². The quantitative estimate of drug-likeness (QED) is 0.0814. The Labute approximate surface area is 726 Å². The van der Waals surface area contributed by atoms with Crippen LogP contribution in [0.25, 0.3) is 32.5 Å². The molecule has 1 fully saturated rings. The number of nitrogens with zero attached hydrogens (tertiary/aromatic N) is 11. The number of hydrogen-bond acceptors (Lipinski definition) is 8. The van der Waals surface area contributed by atoms with Crippen molar-refractivity contribution < 1.29 is 102 Å². The Bertz CT molecular complexity index is 5160. The molecule has 13 nitrogen and oxygen atoms in total. The maximum Gasteiger partial charge on any atom is 0.354 e. The van der Waals surface area contributed by atoms with Gasteiger partial charge in [-0.25, -0.2) is 9.78 Å². The van der Waals surface area contributed by atoms with Gasteiger partial charge in [0.2, 0.25) is 0 Å². The van der Waals surface area contributed by atoms with Crippen LogP contribution in [0, 0.1) is 74.6 Å². The summed E-state index contributed by atoms with van der Waals surface area (Å²) in [5.74, 6) is 0.487. The van der Waals surface area contributed by atoms with E-state index in [1.807, 2.05) is 72.8 Å². The number of carboxylic acid groups (broad SMARTS) is 1. The molecule has 1 saturated carbocycles. The Hall–Kier alpha value is -10.6. The molecule has 3 radical (unpaired) electrons. The van der Waals surface area contributed by atoms with Crippen molar-refractivity contribution >= 4 is 46.4 Å². The number of aromatic nitrogens is 2. The van der Waals surface area contributed by atoms with E-state index in [-0.39, 0.29) is 106 Å². The van der Waals surface area contributed by atoms with Crippen LogP contribution >= 0.6 is 0 Å². The second-order valence-corrected chi connectivity index (χ2v) is 28.5. The molecule has 7 heterocycles. The molecular weight excluding hydrogens is 1940 g/mol. The first-order chi connectivity index (χ1) is 54.3. The van der Waals surface area contributed by atoms with Gasteiger partial charge in [-0.3, -0.25) is 8.78 Å². The van der Waals surface area contributed by atoms with Crippen molar-refractivity contribution in [1.82, 2.24) is 9.97 Å². The molecule has 6 aliphatic rings. The Kier molecular flexibility index (Phi) is 27.5. The molecule has 19 rings (SSSR count). The van der Waals surface area contributed by atoms with Crippen molar-refractivity contribution in [2.75, 3.05) is 4.90 Å². The van der Waals surface area contributed by atoms with Gasteiger partial charge in [0.1, 0.15) is 5.69 Å². The predicted molar refractivity (Wildman–Crippen MR) is 440 cm³/mol. The zero-order valence-corrected chi connectivity index (χ0v) is 70.8. The number of fused-ring (bicyclic) bond motifs is 20. The topological polar surface area (TPSA) is 172 Å². The van der Waals surface area contributed by atoms with Crippen LogP contribution in [0.4, 0.5) is 25.8 Å². The average Bonchev–Trinajstić information content (AvgIpc) is 1.74. The van der Waals surface area contributed by atoms with E-state index >= 15 is 0 Å². The maximum absolute atomic E-state index is 13.2. The first-order valence-electron chi connectivity index (χ1n) is 37.5. The number of aryl methyl sites for hydroxylation is 4. The summed E-state index contributed by atoms with van der Waals surface area (Å²) in [7, 11) is 0. The number of rotatable bonds is 10. The molecule has 0 spiro atoms. The number of hydrogen-bond donors (Lipinski definition) is 1. The second kappa shape index (κ2) is 37.8. The Morgan fingerprint density at radius 1 is 0.435 bits per heavy atom. The van der Waals surface area contributed by atoms with Crippen LogP contribution in [0.1, 0.15) is 168 Å². The van der Waals surface area contributed by atoms with Crippen LogP contribution in [0.5, 0.6) is 0 Å². The van der Waals surface area contributed by atoms with Gasteiger partial charge in [-0.2, -0.15) is 0 Å². The molecule has 2 aromatic heterocycles. The van der Waals surface area contributed by atoms with Crippen molar-refractivity contribution in [2.45, 2.75) is 95.8 Å². The van der Waals surface area contributed by atoms with Gasteiger partial charge in [0.15, 0.2) is 0 Å². The molecule has 1 N–H and O–H groups in total. The fourth-order valence-electron chi connectivity index (χ4n) is 15.4. The molecule has 11 aromatic carbocycles. The second-order valence-electron chi connectivity index (χ2n) is 28.5. The summed E-state index contributed by atoms with van der Waals surface area (Å²) in [5.41, 5.74) is 24.2. The number of anilines is 3. The van der Waals surface area contributed by atoms with Crippen LogP contribution in [-0.2, 0) is 59.7 Å². The Balaban J connectivity index is 0.000000163. The van der Waals surface area contributed by atoms with Crippen molar-refractivity contribution in [1.29, 1.82) is 0 Å². The van der Waals surface area contributed by atoms with Crippen LogP contribution in [0.3, 0.4) is 0 Å². The first kappa shape index (κ1) is 83.8. The van der Waals surface area contributed by atoms with E-state index in [1.165, 1.54) is 112 Å². The maximum atomic E-state index is 13.2. The largest absolute Gasteiger partial charge is 0.477 e. The minimum Gasteiger partial charge on any atom is -0.477 e. The summed E-state index contributed by atoms with van der Waals surface area (Å²) in [5, 5.41) is 28.3. The van der Waals surface area contributed by atoms with Gasteiger partial charge in [0.05, 0.1) is 0 Å². The van der Waals surface area contributed by atoms with E-state index in [1.54, 1.807) is 36.5 Å². The monoisotopic (exact) mass is 2010 g/mol. The summed E-state index contributed by atoms with van der Waals surface area (Å²) in [6.07, 6.45) is 7.40. The van der Waals surface area contributed by atoms with Gasteiger partial charge in [0.25, 0.3) is 0 Å². The van der Waals surface area contributed by atoms with Crippen molar-refractivity contribution in [3.63, 3.8) is 0 Å².